The Balaban J connectivity index is 2.05. The summed E-state index contributed by atoms with van der Waals surface area (Å²) < 4.78 is 11.2. The van der Waals surface area contributed by atoms with Crippen LogP contribution >= 0.6 is 0 Å². The largest absolute Gasteiger partial charge is 0.486 e. The van der Waals surface area contributed by atoms with Gasteiger partial charge < -0.3 is 14.8 Å². The fourth-order valence-corrected chi connectivity index (χ4v) is 2.20. The molecular formula is C16H19N3O2. The number of fused-ring (bicyclic) bond motifs is 1. The van der Waals surface area contributed by atoms with Gasteiger partial charge in [-0.3, -0.25) is 0 Å². The molecule has 2 heterocycles. The first-order chi connectivity index (χ1) is 10.2. The third-order valence-corrected chi connectivity index (χ3v) is 3.39. The number of anilines is 1. The minimum Gasteiger partial charge on any atom is -0.486 e. The van der Waals surface area contributed by atoms with E-state index in [1.165, 1.54) is 0 Å². The first-order valence-electron chi connectivity index (χ1n) is 7.14. The van der Waals surface area contributed by atoms with E-state index in [1.807, 2.05) is 31.3 Å². The van der Waals surface area contributed by atoms with Gasteiger partial charge in [0.05, 0.1) is 0 Å². The molecule has 0 fully saturated rings. The highest BCUT2D eigenvalue weighted by atomic mass is 16.6. The van der Waals surface area contributed by atoms with Crippen LogP contribution in [0, 0.1) is 0 Å². The number of hydrogen-bond acceptors (Lipinski definition) is 5. The van der Waals surface area contributed by atoms with Crippen molar-refractivity contribution < 1.29 is 9.47 Å². The molecule has 0 atom stereocenters. The Labute approximate surface area is 124 Å². The molecule has 1 aromatic carbocycles. The zero-order chi connectivity index (χ0) is 14.8. The Kier molecular flexibility index (Phi) is 3.64. The van der Waals surface area contributed by atoms with Gasteiger partial charge in [0.15, 0.2) is 17.3 Å². The molecule has 5 nitrogen and oxygen atoms in total. The highest BCUT2D eigenvalue weighted by molar-refractivity contribution is 5.63. The van der Waals surface area contributed by atoms with Crippen LogP contribution in [0.25, 0.3) is 11.4 Å². The van der Waals surface area contributed by atoms with E-state index in [1.54, 1.807) is 0 Å². The van der Waals surface area contributed by atoms with Crippen molar-refractivity contribution >= 4 is 5.82 Å². The minimum atomic E-state index is 0.344. The Morgan fingerprint density at radius 1 is 1.05 bits per heavy atom. The summed E-state index contributed by atoms with van der Waals surface area (Å²) in [6.45, 7) is 5.41. The lowest BCUT2D eigenvalue weighted by Crippen LogP contribution is -2.15. The summed E-state index contributed by atoms with van der Waals surface area (Å²) in [5, 5.41) is 3.09. The normalized spacial score (nSPS) is 13.3. The maximum atomic E-state index is 5.62. The topological polar surface area (TPSA) is 56.3 Å². The predicted octanol–water partition coefficient (Wildman–Crippen LogP) is 3.08. The molecule has 0 radical (unpaired) electrons. The molecule has 1 N–H and O–H groups in total. The number of nitrogens with one attached hydrogen (secondary N) is 1. The Morgan fingerprint density at radius 3 is 2.52 bits per heavy atom. The number of hydrogen-bond donors (Lipinski definition) is 1. The van der Waals surface area contributed by atoms with Crippen molar-refractivity contribution in [3.05, 3.63) is 30.0 Å². The summed E-state index contributed by atoms with van der Waals surface area (Å²) in [6.07, 6.45) is 0. The number of ether oxygens (including phenoxy) is 2. The van der Waals surface area contributed by atoms with E-state index in [2.05, 4.69) is 29.1 Å². The maximum Gasteiger partial charge on any atom is 0.162 e. The van der Waals surface area contributed by atoms with Crippen LogP contribution in [-0.4, -0.2) is 30.2 Å². The van der Waals surface area contributed by atoms with Crippen LogP contribution in [0.2, 0.25) is 0 Å². The van der Waals surface area contributed by atoms with Gasteiger partial charge in [-0.2, -0.15) is 0 Å². The van der Waals surface area contributed by atoms with Crippen LogP contribution in [0.1, 0.15) is 25.5 Å². The fraction of sp³-hybridized carbons (Fsp3) is 0.375. The van der Waals surface area contributed by atoms with E-state index in [0.29, 0.717) is 25.0 Å². The molecular weight excluding hydrogens is 266 g/mol. The van der Waals surface area contributed by atoms with Gasteiger partial charge in [-0.1, -0.05) is 13.8 Å². The summed E-state index contributed by atoms with van der Waals surface area (Å²) >= 11 is 0. The molecule has 1 aromatic heterocycles. The van der Waals surface area contributed by atoms with Gasteiger partial charge >= 0.3 is 0 Å². The Hall–Kier alpha value is -2.30. The van der Waals surface area contributed by atoms with E-state index in [-0.39, 0.29) is 0 Å². The lowest BCUT2D eigenvalue weighted by Gasteiger charge is -2.19. The molecule has 1 aliphatic heterocycles. The van der Waals surface area contributed by atoms with Gasteiger partial charge in [0.1, 0.15) is 19.0 Å². The van der Waals surface area contributed by atoms with E-state index < -0.39 is 0 Å². The van der Waals surface area contributed by atoms with E-state index >= 15 is 0 Å². The van der Waals surface area contributed by atoms with Gasteiger partial charge in [-0.15, -0.1) is 0 Å². The first-order valence-corrected chi connectivity index (χ1v) is 7.14. The molecule has 5 heteroatoms. The molecule has 3 rings (SSSR count). The molecule has 21 heavy (non-hydrogen) atoms. The van der Waals surface area contributed by atoms with Crippen molar-refractivity contribution in [2.45, 2.75) is 19.8 Å². The second-order valence-electron chi connectivity index (χ2n) is 5.26. The van der Waals surface area contributed by atoms with Crippen LogP contribution in [0.3, 0.4) is 0 Å². The lowest BCUT2D eigenvalue weighted by atomic mass is 10.1. The van der Waals surface area contributed by atoms with Crippen LogP contribution in [-0.2, 0) is 0 Å². The third kappa shape index (κ3) is 2.77. The predicted molar refractivity (Wildman–Crippen MR) is 82.1 cm³/mol. The standard InChI is InChI=1S/C16H19N3O2/c1-10(2)12-9-15(17-3)19-16(18-12)11-4-5-13-14(8-11)21-7-6-20-13/h4-5,8-10H,6-7H2,1-3H3,(H,17,18,19). The van der Waals surface area contributed by atoms with Crippen LogP contribution < -0.4 is 14.8 Å². The lowest BCUT2D eigenvalue weighted by molar-refractivity contribution is 0.171. The number of rotatable bonds is 3. The van der Waals surface area contributed by atoms with E-state index in [0.717, 1.165) is 28.6 Å². The van der Waals surface area contributed by atoms with E-state index in [9.17, 15) is 0 Å². The molecule has 0 aliphatic carbocycles. The Morgan fingerprint density at radius 2 is 1.81 bits per heavy atom. The molecule has 1 aliphatic rings. The summed E-state index contributed by atoms with van der Waals surface area (Å²) in [5.41, 5.74) is 1.94. The third-order valence-electron chi connectivity index (χ3n) is 3.39. The van der Waals surface area contributed by atoms with Crippen molar-refractivity contribution in [2.24, 2.45) is 0 Å². The van der Waals surface area contributed by atoms with Crippen molar-refractivity contribution in [1.82, 2.24) is 9.97 Å². The maximum absolute atomic E-state index is 5.62. The van der Waals surface area contributed by atoms with Crippen molar-refractivity contribution in [3.8, 4) is 22.9 Å². The zero-order valence-corrected chi connectivity index (χ0v) is 12.5. The summed E-state index contributed by atoms with van der Waals surface area (Å²) in [5.74, 6) is 3.39. The second-order valence-corrected chi connectivity index (χ2v) is 5.26. The smallest absolute Gasteiger partial charge is 0.162 e. The number of benzene rings is 1. The summed E-state index contributed by atoms with van der Waals surface area (Å²) in [6, 6.07) is 7.79. The van der Waals surface area contributed by atoms with Crippen LogP contribution in [0.5, 0.6) is 11.5 Å². The van der Waals surface area contributed by atoms with Gasteiger partial charge in [-0.25, -0.2) is 9.97 Å². The van der Waals surface area contributed by atoms with E-state index in [4.69, 9.17) is 9.47 Å². The summed E-state index contributed by atoms with van der Waals surface area (Å²) in [7, 11) is 1.86. The van der Waals surface area contributed by atoms with Crippen LogP contribution in [0.4, 0.5) is 5.82 Å². The molecule has 0 bridgehead atoms. The highest BCUT2D eigenvalue weighted by Gasteiger charge is 2.15. The quantitative estimate of drug-likeness (QED) is 0.939. The fourth-order valence-electron chi connectivity index (χ4n) is 2.20. The molecule has 0 saturated heterocycles. The average Bonchev–Trinajstić information content (AvgIpc) is 2.53. The van der Waals surface area contributed by atoms with Crippen molar-refractivity contribution in [3.63, 3.8) is 0 Å². The molecule has 0 unspecified atom stereocenters. The zero-order valence-electron chi connectivity index (χ0n) is 12.5. The number of nitrogens with zero attached hydrogens (tertiary/aromatic N) is 2. The van der Waals surface area contributed by atoms with Crippen molar-refractivity contribution in [2.75, 3.05) is 25.6 Å². The average molecular weight is 285 g/mol. The second kappa shape index (κ2) is 5.60. The monoisotopic (exact) mass is 285 g/mol. The molecule has 0 spiro atoms. The SMILES string of the molecule is CNc1cc(C(C)C)nc(-c2ccc3c(c2)OCCO3)n1. The Bertz CT molecular complexity index is 656. The minimum absolute atomic E-state index is 0.344. The highest BCUT2D eigenvalue weighted by Crippen LogP contribution is 2.34. The van der Waals surface area contributed by atoms with Crippen molar-refractivity contribution in [1.29, 1.82) is 0 Å². The van der Waals surface area contributed by atoms with Gasteiger partial charge in [-0.05, 0) is 24.1 Å². The van der Waals surface area contributed by atoms with Crippen LogP contribution in [0.15, 0.2) is 24.3 Å². The van der Waals surface area contributed by atoms with Gasteiger partial charge in [0.2, 0.25) is 0 Å². The molecule has 0 saturated carbocycles. The van der Waals surface area contributed by atoms with Gasteiger partial charge in [0, 0.05) is 24.4 Å². The van der Waals surface area contributed by atoms with Gasteiger partial charge in [0.25, 0.3) is 0 Å². The number of aromatic nitrogens is 2. The summed E-state index contributed by atoms with van der Waals surface area (Å²) in [4.78, 5) is 9.19. The molecule has 0 amide bonds. The molecule has 110 valence electrons. The first kappa shape index (κ1) is 13.7. The molecule has 2 aromatic rings.